The van der Waals surface area contributed by atoms with Crippen molar-refractivity contribution in [2.45, 2.75) is 44.9 Å². The van der Waals surface area contributed by atoms with Crippen LogP contribution in [0.2, 0.25) is 0 Å². The minimum absolute atomic E-state index is 0.243. The van der Waals surface area contributed by atoms with Gasteiger partial charge in [0, 0.05) is 31.2 Å². The maximum atomic E-state index is 12.4. The van der Waals surface area contributed by atoms with Crippen molar-refractivity contribution in [3.05, 3.63) is 36.7 Å². The van der Waals surface area contributed by atoms with E-state index in [0.717, 1.165) is 17.9 Å². The quantitative estimate of drug-likeness (QED) is 0.842. The van der Waals surface area contributed by atoms with E-state index in [9.17, 15) is 4.79 Å². The molecule has 2 bridgehead atoms. The van der Waals surface area contributed by atoms with Crippen LogP contribution in [0.4, 0.5) is 27.8 Å². The Morgan fingerprint density at radius 3 is 2.50 bits per heavy atom. The number of pyridine rings is 2. The first-order valence-corrected chi connectivity index (χ1v) is 9.50. The molecule has 3 fully saturated rings. The van der Waals surface area contributed by atoms with E-state index in [4.69, 9.17) is 15.5 Å². The number of nitrogens with one attached hydrogen (secondary N) is 1. The highest BCUT2D eigenvalue weighted by Gasteiger charge is 2.47. The largest absolute Gasteiger partial charge is 0.444 e. The molecule has 0 radical (unpaired) electrons. The van der Waals surface area contributed by atoms with Crippen LogP contribution in [0.5, 0.6) is 0 Å². The summed E-state index contributed by atoms with van der Waals surface area (Å²) in [5.74, 6) is 1.49. The number of aromatic nitrogens is 2. The van der Waals surface area contributed by atoms with Gasteiger partial charge < -0.3 is 25.6 Å². The van der Waals surface area contributed by atoms with Crippen LogP contribution < -0.4 is 16.0 Å². The standard InChI is InChI=1S/C20H26N6O2/c1-20(2,3)28-19(27)25-11-14-10-15(12-25)26(14)17-5-4-16(21)18(24-17)23-13-6-8-22-9-7-13/h4-9,14-15H,10-12,21H2,1-3H3,(H,22,23,24). The van der Waals surface area contributed by atoms with Crippen LogP contribution in [-0.2, 0) is 4.74 Å². The number of ether oxygens (including phenoxy) is 1. The van der Waals surface area contributed by atoms with Gasteiger partial charge in [-0.25, -0.2) is 9.78 Å². The van der Waals surface area contributed by atoms with Gasteiger partial charge in [0.25, 0.3) is 0 Å². The van der Waals surface area contributed by atoms with Gasteiger partial charge in [-0.05, 0) is 51.5 Å². The fraction of sp³-hybridized carbons (Fsp3) is 0.450. The Morgan fingerprint density at radius 1 is 1.18 bits per heavy atom. The van der Waals surface area contributed by atoms with E-state index in [-0.39, 0.29) is 18.2 Å². The second-order valence-corrected chi connectivity index (χ2v) is 8.30. The predicted molar refractivity (Wildman–Crippen MR) is 109 cm³/mol. The van der Waals surface area contributed by atoms with Gasteiger partial charge in [-0.3, -0.25) is 4.98 Å². The molecular formula is C20H26N6O2. The number of piperidine rings is 1. The van der Waals surface area contributed by atoms with Crippen LogP contribution in [0.25, 0.3) is 0 Å². The third-order valence-electron chi connectivity index (χ3n) is 4.96. The van der Waals surface area contributed by atoms with E-state index in [1.807, 2.05) is 45.0 Å². The average Bonchev–Trinajstić information content (AvgIpc) is 2.64. The van der Waals surface area contributed by atoms with Crippen molar-refractivity contribution >= 4 is 29.1 Å². The van der Waals surface area contributed by atoms with E-state index in [1.54, 1.807) is 17.3 Å². The van der Waals surface area contributed by atoms with Gasteiger partial charge in [-0.2, -0.15) is 0 Å². The molecule has 0 aromatic carbocycles. The van der Waals surface area contributed by atoms with Crippen LogP contribution in [0.3, 0.4) is 0 Å². The third kappa shape index (κ3) is 3.67. The predicted octanol–water partition coefficient (Wildman–Crippen LogP) is 3.00. The minimum Gasteiger partial charge on any atom is -0.444 e. The number of carbonyl (C=O) groups is 1. The third-order valence-corrected chi connectivity index (χ3v) is 4.96. The summed E-state index contributed by atoms with van der Waals surface area (Å²) < 4.78 is 5.51. The van der Waals surface area contributed by atoms with E-state index in [2.05, 4.69) is 15.2 Å². The molecule has 3 N–H and O–H groups in total. The van der Waals surface area contributed by atoms with E-state index >= 15 is 0 Å². The highest BCUT2D eigenvalue weighted by atomic mass is 16.6. The molecule has 1 amide bonds. The Kier molecular flexibility index (Phi) is 4.49. The number of anilines is 4. The zero-order chi connectivity index (χ0) is 19.9. The molecule has 0 saturated carbocycles. The molecule has 0 aliphatic carbocycles. The molecule has 28 heavy (non-hydrogen) atoms. The number of nitrogens with two attached hydrogens (primary N) is 1. The van der Waals surface area contributed by atoms with Crippen molar-refractivity contribution < 1.29 is 9.53 Å². The minimum atomic E-state index is -0.482. The molecule has 3 aliphatic heterocycles. The molecule has 2 atom stereocenters. The molecule has 2 aromatic rings. The van der Waals surface area contributed by atoms with Gasteiger partial charge in [0.05, 0.1) is 17.8 Å². The van der Waals surface area contributed by atoms with Crippen LogP contribution in [0.15, 0.2) is 36.7 Å². The summed E-state index contributed by atoms with van der Waals surface area (Å²) in [5, 5.41) is 3.25. The first-order chi connectivity index (χ1) is 13.3. The summed E-state index contributed by atoms with van der Waals surface area (Å²) in [6, 6.07) is 8.03. The second kappa shape index (κ2) is 6.85. The van der Waals surface area contributed by atoms with E-state index in [0.29, 0.717) is 24.6 Å². The number of carbonyl (C=O) groups excluding carboxylic acids is 1. The molecule has 2 aromatic heterocycles. The molecule has 3 aliphatic rings. The van der Waals surface area contributed by atoms with Crippen molar-refractivity contribution in [1.29, 1.82) is 0 Å². The van der Waals surface area contributed by atoms with Crippen molar-refractivity contribution in [1.82, 2.24) is 14.9 Å². The van der Waals surface area contributed by atoms with Gasteiger partial charge in [-0.15, -0.1) is 0 Å². The summed E-state index contributed by atoms with van der Waals surface area (Å²) in [7, 11) is 0. The van der Waals surface area contributed by atoms with Crippen LogP contribution in [0, 0.1) is 0 Å². The van der Waals surface area contributed by atoms with Gasteiger partial charge >= 0.3 is 6.09 Å². The number of fused-ring (bicyclic) bond motifs is 2. The lowest BCUT2D eigenvalue weighted by molar-refractivity contribution is 0.00843. The molecule has 3 saturated heterocycles. The molecular weight excluding hydrogens is 356 g/mol. The fourth-order valence-corrected chi connectivity index (χ4v) is 3.73. The summed E-state index contributed by atoms with van der Waals surface area (Å²) in [6.45, 7) is 6.95. The fourth-order valence-electron chi connectivity index (χ4n) is 3.73. The Bertz CT molecular complexity index is 855. The molecule has 5 rings (SSSR count). The first kappa shape index (κ1) is 18.3. The van der Waals surface area contributed by atoms with Crippen molar-refractivity contribution in [2.75, 3.05) is 29.0 Å². The number of hydrogen-bond acceptors (Lipinski definition) is 7. The zero-order valence-corrected chi connectivity index (χ0v) is 16.4. The summed E-state index contributed by atoms with van der Waals surface area (Å²) in [4.78, 5) is 25.2. The number of piperazine rings is 1. The van der Waals surface area contributed by atoms with Crippen molar-refractivity contribution in [2.24, 2.45) is 0 Å². The SMILES string of the molecule is CC(C)(C)OC(=O)N1CC2CC(C1)N2c1ccc(N)c(Nc2ccncc2)n1. The first-order valence-electron chi connectivity index (χ1n) is 9.50. The Morgan fingerprint density at radius 2 is 1.86 bits per heavy atom. The second-order valence-electron chi connectivity index (χ2n) is 8.30. The van der Waals surface area contributed by atoms with Crippen molar-refractivity contribution in [3.8, 4) is 0 Å². The lowest BCUT2D eigenvalue weighted by Crippen LogP contribution is -2.70. The Labute approximate surface area is 164 Å². The van der Waals surface area contributed by atoms with Gasteiger partial charge in [-0.1, -0.05) is 0 Å². The number of amides is 1. The monoisotopic (exact) mass is 382 g/mol. The topological polar surface area (TPSA) is 96.6 Å². The smallest absolute Gasteiger partial charge is 0.410 e. The molecule has 0 spiro atoms. The van der Waals surface area contributed by atoms with Gasteiger partial charge in [0.15, 0.2) is 5.82 Å². The van der Waals surface area contributed by atoms with Crippen LogP contribution in [0.1, 0.15) is 27.2 Å². The summed E-state index contributed by atoms with van der Waals surface area (Å²) in [5.41, 5.74) is 7.09. The summed E-state index contributed by atoms with van der Waals surface area (Å²) in [6.07, 6.45) is 4.24. The maximum Gasteiger partial charge on any atom is 0.410 e. The molecule has 2 unspecified atom stereocenters. The number of nitrogen functional groups attached to an aromatic ring is 1. The number of nitrogens with zero attached hydrogens (tertiary/aromatic N) is 4. The van der Waals surface area contributed by atoms with Crippen molar-refractivity contribution in [3.63, 3.8) is 0 Å². The Balaban J connectivity index is 1.47. The highest BCUT2D eigenvalue weighted by Crippen LogP contribution is 2.38. The van der Waals surface area contributed by atoms with Crippen LogP contribution in [-0.4, -0.2) is 51.7 Å². The normalized spacial score (nSPS) is 21.1. The maximum absolute atomic E-state index is 12.4. The molecule has 148 valence electrons. The lowest BCUT2D eigenvalue weighted by atomic mass is 9.87. The lowest BCUT2D eigenvalue weighted by Gasteiger charge is -2.56. The van der Waals surface area contributed by atoms with Crippen LogP contribution >= 0.6 is 0 Å². The number of hydrogen-bond donors (Lipinski definition) is 2. The number of rotatable bonds is 3. The molecule has 5 heterocycles. The van der Waals surface area contributed by atoms with E-state index in [1.165, 1.54) is 0 Å². The van der Waals surface area contributed by atoms with Gasteiger partial charge in [0.1, 0.15) is 11.4 Å². The molecule has 8 nitrogen and oxygen atoms in total. The molecule has 8 heteroatoms. The Hall–Kier alpha value is -3.03. The van der Waals surface area contributed by atoms with E-state index < -0.39 is 5.60 Å². The van der Waals surface area contributed by atoms with Gasteiger partial charge in [0.2, 0.25) is 0 Å². The highest BCUT2D eigenvalue weighted by molar-refractivity contribution is 5.72. The summed E-state index contributed by atoms with van der Waals surface area (Å²) >= 11 is 0. The zero-order valence-electron chi connectivity index (χ0n) is 16.4. The average molecular weight is 382 g/mol.